The van der Waals surface area contributed by atoms with Crippen molar-refractivity contribution in [2.45, 2.75) is 26.4 Å². The molecule has 0 aliphatic carbocycles. The molecule has 1 aromatic heterocycles. The molecule has 0 fully saturated rings. The van der Waals surface area contributed by atoms with Crippen molar-refractivity contribution in [3.8, 4) is 11.1 Å². The van der Waals surface area contributed by atoms with Gasteiger partial charge >= 0.3 is 6.09 Å². The summed E-state index contributed by atoms with van der Waals surface area (Å²) in [4.78, 5) is 11.9. The number of carbonyl (C=O) groups is 1. The summed E-state index contributed by atoms with van der Waals surface area (Å²) < 4.78 is 6.74. The van der Waals surface area contributed by atoms with Crippen molar-refractivity contribution in [3.05, 3.63) is 42.7 Å². The van der Waals surface area contributed by atoms with E-state index >= 15 is 0 Å². The summed E-state index contributed by atoms with van der Waals surface area (Å²) in [5.74, 6) is 0. The van der Waals surface area contributed by atoms with E-state index in [0.29, 0.717) is 0 Å². The quantitative estimate of drug-likeness (QED) is 0.796. The van der Waals surface area contributed by atoms with Crippen molar-refractivity contribution >= 4 is 11.8 Å². The maximum atomic E-state index is 11.9. The summed E-state index contributed by atoms with van der Waals surface area (Å²) in [6.45, 7) is 5.53. The molecule has 0 spiro atoms. The van der Waals surface area contributed by atoms with E-state index in [-0.39, 0.29) is 6.09 Å². The van der Waals surface area contributed by atoms with E-state index < -0.39 is 5.60 Å². The van der Waals surface area contributed by atoms with E-state index in [4.69, 9.17) is 10.5 Å². The highest BCUT2D eigenvalue weighted by Gasteiger charge is 2.17. The van der Waals surface area contributed by atoms with Crippen LogP contribution in [0.4, 0.5) is 10.5 Å². The number of aromatic nitrogens is 1. The fraction of sp³-hybridized carbons (Fsp3) is 0.267. The van der Waals surface area contributed by atoms with Crippen LogP contribution >= 0.6 is 0 Å². The standard InChI is InChI=1S/C15H18N2O2/c1-15(2,3)19-14(18)17-9-8-12(10-17)11-4-6-13(16)7-5-11/h4-10H,16H2,1-3H3. The van der Waals surface area contributed by atoms with Crippen molar-refractivity contribution in [2.75, 3.05) is 5.73 Å². The van der Waals surface area contributed by atoms with Crippen molar-refractivity contribution in [1.29, 1.82) is 0 Å². The zero-order valence-electron chi connectivity index (χ0n) is 11.4. The molecule has 0 radical (unpaired) electrons. The van der Waals surface area contributed by atoms with Crippen LogP contribution in [0, 0.1) is 0 Å². The maximum Gasteiger partial charge on any atom is 0.418 e. The molecule has 0 saturated carbocycles. The highest BCUT2D eigenvalue weighted by Crippen LogP contribution is 2.21. The summed E-state index contributed by atoms with van der Waals surface area (Å²) in [7, 11) is 0. The van der Waals surface area contributed by atoms with Crippen molar-refractivity contribution in [3.63, 3.8) is 0 Å². The van der Waals surface area contributed by atoms with Crippen LogP contribution in [0.1, 0.15) is 20.8 Å². The van der Waals surface area contributed by atoms with Crippen LogP contribution < -0.4 is 5.73 Å². The Morgan fingerprint density at radius 1 is 1.11 bits per heavy atom. The number of carbonyl (C=O) groups excluding carboxylic acids is 1. The van der Waals surface area contributed by atoms with Crippen molar-refractivity contribution < 1.29 is 9.53 Å². The number of hydrogen-bond acceptors (Lipinski definition) is 3. The Kier molecular flexibility index (Phi) is 3.34. The predicted octanol–water partition coefficient (Wildman–Crippen LogP) is 3.52. The molecule has 0 aliphatic heterocycles. The molecule has 2 N–H and O–H groups in total. The second-order valence-electron chi connectivity index (χ2n) is 5.41. The fourth-order valence-corrected chi connectivity index (χ4v) is 1.67. The summed E-state index contributed by atoms with van der Waals surface area (Å²) >= 11 is 0. The van der Waals surface area contributed by atoms with Crippen LogP contribution in [0.15, 0.2) is 42.7 Å². The third-order valence-corrected chi connectivity index (χ3v) is 2.54. The Bertz CT molecular complexity index is 577. The summed E-state index contributed by atoms with van der Waals surface area (Å²) in [5.41, 5.74) is 7.83. The summed E-state index contributed by atoms with van der Waals surface area (Å²) in [6.07, 6.45) is 3.06. The lowest BCUT2D eigenvalue weighted by Crippen LogP contribution is -2.26. The first kappa shape index (κ1) is 13.2. The van der Waals surface area contributed by atoms with Gasteiger partial charge in [0, 0.05) is 18.1 Å². The number of nitrogen functional groups attached to an aromatic ring is 1. The zero-order chi connectivity index (χ0) is 14.0. The largest absolute Gasteiger partial charge is 0.443 e. The van der Waals surface area contributed by atoms with Gasteiger partial charge in [0.15, 0.2) is 0 Å². The van der Waals surface area contributed by atoms with Crippen LogP contribution in [0.3, 0.4) is 0 Å². The topological polar surface area (TPSA) is 57.2 Å². The van der Waals surface area contributed by atoms with Gasteiger partial charge in [-0.15, -0.1) is 0 Å². The first-order valence-electron chi connectivity index (χ1n) is 6.12. The lowest BCUT2D eigenvalue weighted by Gasteiger charge is -2.19. The zero-order valence-corrected chi connectivity index (χ0v) is 11.4. The Morgan fingerprint density at radius 3 is 2.32 bits per heavy atom. The number of ether oxygens (including phenoxy) is 1. The fourth-order valence-electron chi connectivity index (χ4n) is 1.67. The molecule has 0 saturated heterocycles. The van der Waals surface area contributed by atoms with Crippen molar-refractivity contribution in [1.82, 2.24) is 4.57 Å². The second-order valence-corrected chi connectivity index (χ2v) is 5.41. The third-order valence-electron chi connectivity index (χ3n) is 2.54. The molecule has 0 atom stereocenters. The minimum absolute atomic E-state index is 0.380. The number of nitrogens with zero attached hydrogens (tertiary/aromatic N) is 1. The average Bonchev–Trinajstić information content (AvgIpc) is 2.77. The van der Waals surface area contributed by atoms with Crippen LogP contribution in [-0.2, 0) is 4.74 Å². The molecule has 4 nitrogen and oxygen atoms in total. The predicted molar refractivity (Wildman–Crippen MR) is 75.9 cm³/mol. The van der Waals surface area contributed by atoms with Gasteiger partial charge in [0.05, 0.1) is 0 Å². The molecule has 1 heterocycles. The summed E-state index contributed by atoms with van der Waals surface area (Å²) in [6, 6.07) is 9.38. The number of rotatable bonds is 1. The smallest absolute Gasteiger partial charge is 0.418 e. The van der Waals surface area contributed by atoms with Gasteiger partial charge in [-0.25, -0.2) is 4.79 Å². The van der Waals surface area contributed by atoms with Crippen LogP contribution in [0.2, 0.25) is 0 Å². The van der Waals surface area contributed by atoms with E-state index in [9.17, 15) is 4.79 Å². The van der Waals surface area contributed by atoms with Crippen LogP contribution in [0.25, 0.3) is 11.1 Å². The van der Waals surface area contributed by atoms with E-state index in [2.05, 4.69) is 0 Å². The highest BCUT2D eigenvalue weighted by atomic mass is 16.6. The molecule has 4 heteroatoms. The molecule has 100 valence electrons. The molecule has 0 bridgehead atoms. The van der Waals surface area contributed by atoms with Gasteiger partial charge in [0.25, 0.3) is 0 Å². The number of anilines is 1. The molecular formula is C15H18N2O2. The van der Waals surface area contributed by atoms with Gasteiger partial charge in [-0.1, -0.05) is 12.1 Å². The molecule has 0 aliphatic rings. The number of benzene rings is 1. The van der Waals surface area contributed by atoms with Gasteiger partial charge in [0.1, 0.15) is 5.60 Å². The SMILES string of the molecule is CC(C)(C)OC(=O)n1ccc(-c2ccc(N)cc2)c1. The van der Waals surface area contributed by atoms with Crippen LogP contribution in [0.5, 0.6) is 0 Å². The molecule has 2 aromatic rings. The van der Waals surface area contributed by atoms with E-state index in [1.165, 1.54) is 4.57 Å². The van der Waals surface area contributed by atoms with Crippen molar-refractivity contribution in [2.24, 2.45) is 0 Å². The van der Waals surface area contributed by atoms with Gasteiger partial charge in [-0.3, -0.25) is 4.57 Å². The normalized spacial score (nSPS) is 11.3. The first-order chi connectivity index (χ1) is 8.85. The number of hydrogen-bond donors (Lipinski definition) is 1. The maximum absolute atomic E-state index is 11.9. The Balaban J connectivity index is 2.19. The Hall–Kier alpha value is -2.23. The Morgan fingerprint density at radius 2 is 1.74 bits per heavy atom. The molecule has 19 heavy (non-hydrogen) atoms. The Labute approximate surface area is 112 Å². The van der Waals surface area contributed by atoms with E-state index in [1.54, 1.807) is 12.4 Å². The van der Waals surface area contributed by atoms with Crippen LogP contribution in [-0.4, -0.2) is 16.3 Å². The van der Waals surface area contributed by atoms with Gasteiger partial charge in [-0.2, -0.15) is 0 Å². The minimum atomic E-state index is -0.497. The van der Waals surface area contributed by atoms with Gasteiger partial charge < -0.3 is 10.5 Å². The monoisotopic (exact) mass is 258 g/mol. The third kappa shape index (κ3) is 3.37. The summed E-state index contributed by atoms with van der Waals surface area (Å²) in [5, 5.41) is 0. The van der Waals surface area contributed by atoms with E-state index in [1.807, 2.05) is 51.1 Å². The van der Waals surface area contributed by atoms with E-state index in [0.717, 1.165) is 16.8 Å². The van der Waals surface area contributed by atoms with Gasteiger partial charge in [-0.05, 0) is 50.1 Å². The molecule has 1 aromatic carbocycles. The number of nitrogens with two attached hydrogens (primary N) is 1. The molecule has 0 amide bonds. The molecule has 2 rings (SSSR count). The second kappa shape index (κ2) is 4.80. The molecule has 0 unspecified atom stereocenters. The van der Waals surface area contributed by atoms with Gasteiger partial charge in [0.2, 0.25) is 0 Å². The highest BCUT2D eigenvalue weighted by molar-refractivity contribution is 5.74. The lowest BCUT2D eigenvalue weighted by molar-refractivity contribution is 0.0537. The first-order valence-corrected chi connectivity index (χ1v) is 6.12. The minimum Gasteiger partial charge on any atom is -0.443 e. The lowest BCUT2D eigenvalue weighted by atomic mass is 10.1. The molecular weight excluding hydrogens is 240 g/mol. The average molecular weight is 258 g/mol.